The molecule has 0 aliphatic heterocycles. The van der Waals surface area contributed by atoms with Crippen molar-refractivity contribution < 1.29 is 14.3 Å². The molecule has 84 valence electrons. The summed E-state index contributed by atoms with van der Waals surface area (Å²) < 4.78 is 4.56. The van der Waals surface area contributed by atoms with Gasteiger partial charge in [-0.05, 0) is 12.8 Å². The van der Waals surface area contributed by atoms with Crippen molar-refractivity contribution in [2.75, 3.05) is 0 Å². The normalized spacial score (nSPS) is 11.1. The standard InChI is InChI=1S/C12H18O3/c1-3-5-7-9-11(13)15-12(14)10-8-6-4-2/h5-8H,3-4,9-10H2,1-2H3. The van der Waals surface area contributed by atoms with Gasteiger partial charge in [-0.3, -0.25) is 9.59 Å². The lowest BCUT2D eigenvalue weighted by atomic mass is 10.3. The average Bonchev–Trinajstić information content (AvgIpc) is 2.18. The van der Waals surface area contributed by atoms with E-state index in [4.69, 9.17) is 0 Å². The van der Waals surface area contributed by atoms with E-state index >= 15 is 0 Å². The second-order valence-corrected chi connectivity index (χ2v) is 3.01. The number of allylic oxidation sites excluding steroid dienone is 2. The topological polar surface area (TPSA) is 43.4 Å². The fraction of sp³-hybridized carbons (Fsp3) is 0.500. The van der Waals surface area contributed by atoms with Crippen LogP contribution in [0, 0.1) is 0 Å². The summed E-state index contributed by atoms with van der Waals surface area (Å²) in [7, 11) is 0. The van der Waals surface area contributed by atoms with Crippen LogP contribution in [0.4, 0.5) is 0 Å². The van der Waals surface area contributed by atoms with Gasteiger partial charge in [-0.1, -0.05) is 38.2 Å². The predicted octanol–water partition coefficient (Wildman–Crippen LogP) is 2.77. The molecular weight excluding hydrogens is 192 g/mol. The van der Waals surface area contributed by atoms with Crippen molar-refractivity contribution in [3.63, 3.8) is 0 Å². The Morgan fingerprint density at radius 2 is 1.27 bits per heavy atom. The Labute approximate surface area is 90.8 Å². The highest BCUT2D eigenvalue weighted by Crippen LogP contribution is 1.95. The third-order valence-electron chi connectivity index (χ3n) is 1.60. The van der Waals surface area contributed by atoms with Crippen LogP contribution in [-0.2, 0) is 14.3 Å². The molecule has 0 heterocycles. The van der Waals surface area contributed by atoms with Gasteiger partial charge in [0.1, 0.15) is 0 Å². The summed E-state index contributed by atoms with van der Waals surface area (Å²) in [6.07, 6.45) is 9.22. The fourth-order valence-corrected chi connectivity index (χ4v) is 0.903. The largest absolute Gasteiger partial charge is 0.393 e. The van der Waals surface area contributed by atoms with Crippen LogP contribution in [0.3, 0.4) is 0 Å². The molecule has 0 spiro atoms. The van der Waals surface area contributed by atoms with Gasteiger partial charge in [0.25, 0.3) is 0 Å². The Hall–Kier alpha value is -1.38. The zero-order valence-electron chi connectivity index (χ0n) is 9.36. The van der Waals surface area contributed by atoms with Crippen LogP contribution in [0.15, 0.2) is 24.3 Å². The van der Waals surface area contributed by atoms with Gasteiger partial charge >= 0.3 is 11.9 Å². The smallest absolute Gasteiger partial charge is 0.317 e. The van der Waals surface area contributed by atoms with Crippen molar-refractivity contribution in [1.82, 2.24) is 0 Å². The minimum Gasteiger partial charge on any atom is -0.393 e. The zero-order valence-corrected chi connectivity index (χ0v) is 9.36. The lowest BCUT2D eigenvalue weighted by Gasteiger charge is -1.97. The summed E-state index contributed by atoms with van der Waals surface area (Å²) in [4.78, 5) is 22.1. The van der Waals surface area contributed by atoms with Gasteiger partial charge < -0.3 is 4.74 Å². The molecule has 0 aromatic carbocycles. The minimum absolute atomic E-state index is 0.164. The zero-order chi connectivity index (χ0) is 11.5. The molecule has 0 rings (SSSR count). The summed E-state index contributed by atoms with van der Waals surface area (Å²) >= 11 is 0. The van der Waals surface area contributed by atoms with Crippen LogP contribution in [0.1, 0.15) is 39.5 Å². The summed E-state index contributed by atoms with van der Waals surface area (Å²) in [5.74, 6) is -0.982. The van der Waals surface area contributed by atoms with E-state index in [0.717, 1.165) is 12.8 Å². The van der Waals surface area contributed by atoms with E-state index in [0.29, 0.717) is 0 Å². The molecule has 15 heavy (non-hydrogen) atoms. The molecule has 0 saturated heterocycles. The molecule has 0 fully saturated rings. The highest BCUT2D eigenvalue weighted by atomic mass is 16.6. The highest BCUT2D eigenvalue weighted by Gasteiger charge is 2.06. The lowest BCUT2D eigenvalue weighted by Crippen LogP contribution is -2.10. The second kappa shape index (κ2) is 9.19. The molecule has 0 amide bonds. The molecule has 3 nitrogen and oxygen atoms in total. The predicted molar refractivity (Wildman–Crippen MR) is 59.2 cm³/mol. The number of esters is 2. The van der Waals surface area contributed by atoms with E-state index in [1.807, 2.05) is 26.0 Å². The van der Waals surface area contributed by atoms with Crippen molar-refractivity contribution in [2.24, 2.45) is 0 Å². The van der Waals surface area contributed by atoms with Gasteiger partial charge in [-0.2, -0.15) is 0 Å². The van der Waals surface area contributed by atoms with Crippen molar-refractivity contribution in [3.8, 4) is 0 Å². The maximum atomic E-state index is 11.0. The van der Waals surface area contributed by atoms with E-state index in [-0.39, 0.29) is 12.8 Å². The van der Waals surface area contributed by atoms with E-state index < -0.39 is 11.9 Å². The van der Waals surface area contributed by atoms with Crippen LogP contribution >= 0.6 is 0 Å². The number of rotatable bonds is 6. The molecule has 0 N–H and O–H groups in total. The molecule has 0 atom stereocenters. The van der Waals surface area contributed by atoms with Gasteiger partial charge in [-0.15, -0.1) is 0 Å². The van der Waals surface area contributed by atoms with Crippen molar-refractivity contribution in [3.05, 3.63) is 24.3 Å². The van der Waals surface area contributed by atoms with Crippen LogP contribution in [-0.4, -0.2) is 11.9 Å². The van der Waals surface area contributed by atoms with Crippen LogP contribution in [0.2, 0.25) is 0 Å². The molecule has 0 unspecified atom stereocenters. The van der Waals surface area contributed by atoms with E-state index in [1.54, 1.807) is 12.2 Å². The van der Waals surface area contributed by atoms with E-state index in [2.05, 4.69) is 4.74 Å². The summed E-state index contributed by atoms with van der Waals surface area (Å²) in [6.45, 7) is 3.95. The Morgan fingerprint density at radius 3 is 1.60 bits per heavy atom. The molecule has 0 bridgehead atoms. The van der Waals surface area contributed by atoms with Gasteiger partial charge in [0.2, 0.25) is 0 Å². The molecule has 0 aliphatic rings. The van der Waals surface area contributed by atoms with E-state index in [1.165, 1.54) is 0 Å². The van der Waals surface area contributed by atoms with Gasteiger partial charge in [-0.25, -0.2) is 0 Å². The van der Waals surface area contributed by atoms with E-state index in [9.17, 15) is 9.59 Å². The number of ether oxygens (including phenoxy) is 1. The first-order valence-corrected chi connectivity index (χ1v) is 5.24. The van der Waals surface area contributed by atoms with Gasteiger partial charge in [0.05, 0.1) is 12.8 Å². The molecule has 3 heteroatoms. The van der Waals surface area contributed by atoms with Crippen molar-refractivity contribution in [2.45, 2.75) is 39.5 Å². The monoisotopic (exact) mass is 210 g/mol. The maximum absolute atomic E-state index is 11.0. The van der Waals surface area contributed by atoms with Crippen LogP contribution in [0.5, 0.6) is 0 Å². The summed E-state index contributed by atoms with van der Waals surface area (Å²) in [5, 5.41) is 0. The summed E-state index contributed by atoms with van der Waals surface area (Å²) in [6, 6.07) is 0. The Balaban J connectivity index is 3.71. The Kier molecular flexibility index (Phi) is 8.34. The first kappa shape index (κ1) is 13.6. The molecule has 0 aliphatic carbocycles. The quantitative estimate of drug-likeness (QED) is 0.384. The molecule has 0 radical (unpaired) electrons. The van der Waals surface area contributed by atoms with Crippen molar-refractivity contribution in [1.29, 1.82) is 0 Å². The molecule has 0 aromatic heterocycles. The first-order chi connectivity index (χ1) is 7.20. The van der Waals surface area contributed by atoms with Crippen LogP contribution in [0.25, 0.3) is 0 Å². The summed E-state index contributed by atoms with van der Waals surface area (Å²) in [5.41, 5.74) is 0. The third kappa shape index (κ3) is 8.94. The first-order valence-electron chi connectivity index (χ1n) is 5.24. The Bertz CT molecular complexity index is 226. The number of carbonyl (C=O) groups excluding carboxylic acids is 2. The SMILES string of the molecule is CCC=CCC(=O)OC(=O)CC=CCC. The number of hydrogen-bond acceptors (Lipinski definition) is 3. The van der Waals surface area contributed by atoms with Gasteiger partial charge in [0.15, 0.2) is 0 Å². The third-order valence-corrected chi connectivity index (χ3v) is 1.60. The van der Waals surface area contributed by atoms with Crippen LogP contribution < -0.4 is 0 Å². The maximum Gasteiger partial charge on any atom is 0.317 e. The number of hydrogen-bond donors (Lipinski definition) is 0. The Morgan fingerprint density at radius 1 is 0.867 bits per heavy atom. The lowest BCUT2D eigenvalue weighted by molar-refractivity contribution is -0.158. The molecular formula is C12H18O3. The minimum atomic E-state index is -0.491. The highest BCUT2D eigenvalue weighted by molar-refractivity contribution is 5.86. The van der Waals surface area contributed by atoms with Gasteiger partial charge in [0, 0.05) is 0 Å². The molecule has 0 aromatic rings. The fourth-order valence-electron chi connectivity index (χ4n) is 0.903. The van der Waals surface area contributed by atoms with Crippen molar-refractivity contribution >= 4 is 11.9 Å². The molecule has 0 saturated carbocycles. The number of carbonyl (C=O) groups is 2. The second-order valence-electron chi connectivity index (χ2n) is 3.01. The average molecular weight is 210 g/mol.